The van der Waals surface area contributed by atoms with E-state index in [0.717, 1.165) is 0 Å². The molecule has 0 aromatic carbocycles. The second-order valence-electron chi connectivity index (χ2n) is 6.20. The van der Waals surface area contributed by atoms with Gasteiger partial charge in [-0.2, -0.15) is 0 Å². The fraction of sp³-hybridized carbons (Fsp3) is 0.917. The summed E-state index contributed by atoms with van der Waals surface area (Å²) in [6.07, 6.45) is 0. The molecule has 0 aliphatic carbocycles. The lowest BCUT2D eigenvalue weighted by Crippen LogP contribution is -2.61. The van der Waals surface area contributed by atoms with Crippen molar-refractivity contribution in [3.05, 3.63) is 0 Å². The van der Waals surface area contributed by atoms with Gasteiger partial charge in [0, 0.05) is 6.54 Å². The number of carbonyl (C=O) groups excluding carboxylic acids is 1. The fourth-order valence-corrected chi connectivity index (χ4v) is 1.81. The maximum atomic E-state index is 12.3. The summed E-state index contributed by atoms with van der Waals surface area (Å²) in [5.41, 5.74) is 5.56. The Kier molecular flexibility index (Phi) is 3.65. The Balaban J connectivity index is 2.80. The SMILES string of the molecule is CC(C)(C)[C@@H](N)C(=O)N1CCOCC1(C)C. The summed E-state index contributed by atoms with van der Waals surface area (Å²) in [4.78, 5) is 14.2. The average Bonchev–Trinajstić information content (AvgIpc) is 2.13. The van der Waals surface area contributed by atoms with E-state index in [1.165, 1.54) is 0 Å². The number of ether oxygens (including phenoxy) is 1. The fourth-order valence-electron chi connectivity index (χ4n) is 1.81. The maximum absolute atomic E-state index is 12.3. The molecule has 16 heavy (non-hydrogen) atoms. The van der Waals surface area contributed by atoms with E-state index in [2.05, 4.69) is 0 Å². The Bertz CT molecular complexity index is 269. The number of rotatable bonds is 1. The minimum Gasteiger partial charge on any atom is -0.377 e. The highest BCUT2D eigenvalue weighted by Gasteiger charge is 2.39. The molecule has 0 saturated carbocycles. The van der Waals surface area contributed by atoms with Gasteiger partial charge in [-0.15, -0.1) is 0 Å². The zero-order valence-electron chi connectivity index (χ0n) is 11.0. The van der Waals surface area contributed by atoms with Crippen molar-refractivity contribution in [1.82, 2.24) is 4.90 Å². The molecule has 0 aromatic heterocycles. The van der Waals surface area contributed by atoms with Gasteiger partial charge in [0.05, 0.1) is 24.8 Å². The van der Waals surface area contributed by atoms with Crippen LogP contribution in [0.25, 0.3) is 0 Å². The highest BCUT2D eigenvalue weighted by atomic mass is 16.5. The number of carbonyl (C=O) groups is 1. The molecule has 0 aromatic rings. The summed E-state index contributed by atoms with van der Waals surface area (Å²) in [7, 11) is 0. The summed E-state index contributed by atoms with van der Waals surface area (Å²) in [5.74, 6) is 0.0285. The molecule has 4 nitrogen and oxygen atoms in total. The summed E-state index contributed by atoms with van der Waals surface area (Å²) < 4.78 is 5.40. The van der Waals surface area contributed by atoms with Crippen LogP contribution in [0.15, 0.2) is 0 Å². The zero-order chi connectivity index (χ0) is 12.6. The van der Waals surface area contributed by atoms with E-state index >= 15 is 0 Å². The highest BCUT2D eigenvalue weighted by Crippen LogP contribution is 2.25. The maximum Gasteiger partial charge on any atom is 0.240 e. The molecule has 1 fully saturated rings. The predicted octanol–water partition coefficient (Wildman–Crippen LogP) is 0.997. The molecule has 2 N–H and O–H groups in total. The first kappa shape index (κ1) is 13.5. The molecule has 0 spiro atoms. The van der Waals surface area contributed by atoms with Gasteiger partial charge in [0.2, 0.25) is 5.91 Å². The van der Waals surface area contributed by atoms with Crippen LogP contribution in [0.5, 0.6) is 0 Å². The topological polar surface area (TPSA) is 55.6 Å². The molecular formula is C12H24N2O2. The van der Waals surface area contributed by atoms with Gasteiger partial charge >= 0.3 is 0 Å². The third-order valence-electron chi connectivity index (χ3n) is 3.11. The Morgan fingerprint density at radius 3 is 2.44 bits per heavy atom. The van der Waals surface area contributed by atoms with Crippen LogP contribution in [0.4, 0.5) is 0 Å². The molecule has 1 rings (SSSR count). The van der Waals surface area contributed by atoms with Crippen LogP contribution < -0.4 is 5.73 Å². The standard InChI is InChI=1S/C12H24N2O2/c1-11(2,3)9(13)10(15)14-6-7-16-8-12(14,4)5/h9H,6-8,13H2,1-5H3/t9-/m0/s1. The van der Waals surface area contributed by atoms with Gasteiger partial charge < -0.3 is 15.4 Å². The zero-order valence-corrected chi connectivity index (χ0v) is 11.0. The van der Waals surface area contributed by atoms with E-state index in [4.69, 9.17) is 10.5 Å². The van der Waals surface area contributed by atoms with Crippen molar-refractivity contribution < 1.29 is 9.53 Å². The number of hydrogen-bond donors (Lipinski definition) is 1. The van der Waals surface area contributed by atoms with Crippen LogP contribution in [0.1, 0.15) is 34.6 Å². The monoisotopic (exact) mass is 228 g/mol. The number of amides is 1. The number of nitrogens with zero attached hydrogens (tertiary/aromatic N) is 1. The van der Waals surface area contributed by atoms with E-state index in [-0.39, 0.29) is 16.9 Å². The third kappa shape index (κ3) is 2.74. The number of nitrogens with two attached hydrogens (primary N) is 1. The van der Waals surface area contributed by atoms with Crippen molar-refractivity contribution in [2.24, 2.45) is 11.1 Å². The van der Waals surface area contributed by atoms with Gasteiger partial charge in [-0.25, -0.2) is 0 Å². The summed E-state index contributed by atoms with van der Waals surface area (Å²) in [6, 6.07) is -0.454. The van der Waals surface area contributed by atoms with Crippen molar-refractivity contribution in [1.29, 1.82) is 0 Å². The molecule has 1 atom stereocenters. The number of hydrogen-bond acceptors (Lipinski definition) is 3. The van der Waals surface area contributed by atoms with E-state index in [1.54, 1.807) is 0 Å². The van der Waals surface area contributed by atoms with Gasteiger partial charge in [-0.3, -0.25) is 4.79 Å². The molecule has 0 bridgehead atoms. The summed E-state index contributed by atoms with van der Waals surface area (Å²) in [6.45, 7) is 11.8. The van der Waals surface area contributed by atoms with Crippen molar-refractivity contribution in [2.75, 3.05) is 19.8 Å². The summed E-state index contributed by atoms with van der Waals surface area (Å²) >= 11 is 0. The molecule has 1 aliphatic heterocycles. The molecule has 94 valence electrons. The van der Waals surface area contributed by atoms with Gasteiger partial charge in [-0.1, -0.05) is 20.8 Å². The number of morpholine rings is 1. The second kappa shape index (κ2) is 4.34. The lowest BCUT2D eigenvalue weighted by atomic mass is 9.85. The normalized spacial score (nSPS) is 23.0. The molecule has 1 amide bonds. The predicted molar refractivity (Wildman–Crippen MR) is 64.0 cm³/mol. The Morgan fingerprint density at radius 1 is 1.44 bits per heavy atom. The minimum absolute atomic E-state index is 0.0285. The van der Waals surface area contributed by atoms with E-state index in [9.17, 15) is 4.79 Å². The van der Waals surface area contributed by atoms with Crippen LogP contribution in [0.3, 0.4) is 0 Å². The van der Waals surface area contributed by atoms with Gasteiger partial charge in [0.25, 0.3) is 0 Å². The van der Waals surface area contributed by atoms with Crippen molar-refractivity contribution in [3.8, 4) is 0 Å². The molecule has 1 aliphatic rings. The molecule has 0 radical (unpaired) electrons. The summed E-state index contributed by atoms with van der Waals surface area (Å²) in [5, 5.41) is 0. The van der Waals surface area contributed by atoms with Gasteiger partial charge in [-0.05, 0) is 19.3 Å². The lowest BCUT2D eigenvalue weighted by Gasteiger charge is -2.44. The molecular weight excluding hydrogens is 204 g/mol. The molecule has 4 heteroatoms. The third-order valence-corrected chi connectivity index (χ3v) is 3.11. The minimum atomic E-state index is -0.454. The van der Waals surface area contributed by atoms with Crippen LogP contribution in [0, 0.1) is 5.41 Å². The average molecular weight is 228 g/mol. The molecule has 0 unspecified atom stereocenters. The molecule has 1 saturated heterocycles. The lowest BCUT2D eigenvalue weighted by molar-refractivity contribution is -0.150. The largest absolute Gasteiger partial charge is 0.377 e. The van der Waals surface area contributed by atoms with Crippen molar-refractivity contribution in [3.63, 3.8) is 0 Å². The molecule has 1 heterocycles. The van der Waals surface area contributed by atoms with Gasteiger partial charge in [0.15, 0.2) is 0 Å². The van der Waals surface area contributed by atoms with Crippen LogP contribution >= 0.6 is 0 Å². The Morgan fingerprint density at radius 2 is 2.00 bits per heavy atom. The first-order chi connectivity index (χ1) is 7.16. The van der Waals surface area contributed by atoms with E-state index in [1.807, 2.05) is 39.5 Å². The quantitative estimate of drug-likeness (QED) is 0.728. The van der Waals surface area contributed by atoms with Crippen LogP contribution in [-0.4, -0.2) is 42.1 Å². The Labute approximate surface area is 98.1 Å². The van der Waals surface area contributed by atoms with Crippen molar-refractivity contribution >= 4 is 5.91 Å². The van der Waals surface area contributed by atoms with Gasteiger partial charge in [0.1, 0.15) is 0 Å². The van der Waals surface area contributed by atoms with Crippen LogP contribution in [-0.2, 0) is 9.53 Å². The van der Waals surface area contributed by atoms with Crippen LogP contribution in [0.2, 0.25) is 0 Å². The first-order valence-electron chi connectivity index (χ1n) is 5.81. The highest BCUT2D eigenvalue weighted by molar-refractivity contribution is 5.83. The van der Waals surface area contributed by atoms with E-state index < -0.39 is 6.04 Å². The Hall–Kier alpha value is -0.610. The smallest absolute Gasteiger partial charge is 0.240 e. The first-order valence-corrected chi connectivity index (χ1v) is 5.81. The van der Waals surface area contributed by atoms with Crippen molar-refractivity contribution in [2.45, 2.75) is 46.2 Å². The van der Waals surface area contributed by atoms with E-state index in [0.29, 0.717) is 19.8 Å². The second-order valence-corrected chi connectivity index (χ2v) is 6.20.